The second-order valence-electron chi connectivity index (χ2n) is 8.10. The predicted molar refractivity (Wildman–Crippen MR) is 95.0 cm³/mol. The lowest BCUT2D eigenvalue weighted by atomic mass is 10.0. The van der Waals surface area contributed by atoms with Gasteiger partial charge >= 0.3 is 6.09 Å². The molecule has 0 aromatic rings. The summed E-state index contributed by atoms with van der Waals surface area (Å²) in [5.41, 5.74) is -0.545. The molecule has 8 heteroatoms. The van der Waals surface area contributed by atoms with Crippen LogP contribution in [0.3, 0.4) is 0 Å². The monoisotopic (exact) mass is 374 g/mol. The molecule has 2 amide bonds. The molecule has 2 aliphatic rings. The van der Waals surface area contributed by atoms with E-state index in [1.165, 1.54) is 0 Å². The first-order valence-corrected chi connectivity index (χ1v) is 10.8. The van der Waals surface area contributed by atoms with Gasteiger partial charge in [0.05, 0.1) is 17.5 Å². The van der Waals surface area contributed by atoms with Gasteiger partial charge in [0.25, 0.3) is 0 Å². The number of nitrogens with zero attached hydrogens (tertiary/aromatic N) is 1. The number of hydrogen-bond donors (Lipinski definition) is 1. The van der Waals surface area contributed by atoms with Crippen molar-refractivity contribution in [2.24, 2.45) is 5.92 Å². The second kappa shape index (κ2) is 7.93. The Morgan fingerprint density at radius 3 is 2.52 bits per heavy atom. The fourth-order valence-corrected chi connectivity index (χ4v) is 5.23. The lowest BCUT2D eigenvalue weighted by Crippen LogP contribution is -2.50. The number of hydrogen-bond acceptors (Lipinski definition) is 5. The van der Waals surface area contributed by atoms with E-state index in [1.807, 2.05) is 20.8 Å². The Labute approximate surface area is 150 Å². The molecule has 2 saturated heterocycles. The maximum atomic E-state index is 12.3. The molecule has 0 unspecified atom stereocenters. The molecule has 2 aliphatic heterocycles. The number of ether oxygens (including phenoxy) is 1. The molecule has 0 saturated carbocycles. The van der Waals surface area contributed by atoms with Gasteiger partial charge in [0.2, 0.25) is 5.91 Å². The summed E-state index contributed by atoms with van der Waals surface area (Å²) in [4.78, 5) is 26.2. The number of nitrogens with one attached hydrogen (secondary N) is 1. The van der Waals surface area contributed by atoms with Crippen LogP contribution in [0.4, 0.5) is 4.79 Å². The largest absolute Gasteiger partial charge is 0.444 e. The summed E-state index contributed by atoms with van der Waals surface area (Å²) in [5.74, 6) is 0.0589. The van der Waals surface area contributed by atoms with Gasteiger partial charge in [-0.3, -0.25) is 4.79 Å². The van der Waals surface area contributed by atoms with E-state index in [9.17, 15) is 18.0 Å². The van der Waals surface area contributed by atoms with Crippen LogP contribution in [-0.4, -0.2) is 61.6 Å². The molecule has 2 heterocycles. The molecule has 0 aromatic heterocycles. The van der Waals surface area contributed by atoms with Crippen molar-refractivity contribution in [3.05, 3.63) is 0 Å². The number of carbonyl (C=O) groups is 2. The Bertz CT molecular complexity index is 597. The molecule has 0 spiro atoms. The molecule has 0 radical (unpaired) electrons. The van der Waals surface area contributed by atoms with E-state index in [-0.39, 0.29) is 41.9 Å². The highest BCUT2D eigenvalue weighted by molar-refractivity contribution is 7.91. The van der Waals surface area contributed by atoms with Crippen molar-refractivity contribution < 1.29 is 22.7 Å². The zero-order valence-corrected chi connectivity index (χ0v) is 16.2. The number of likely N-dealkylation sites (tertiary alicyclic amines) is 1. The first kappa shape index (κ1) is 20.0. The fourth-order valence-electron chi connectivity index (χ4n) is 3.37. The highest BCUT2D eigenvalue weighted by atomic mass is 32.2. The van der Waals surface area contributed by atoms with E-state index in [2.05, 4.69) is 5.32 Å². The Kier molecular flexibility index (Phi) is 6.35. The Morgan fingerprint density at radius 1 is 1.20 bits per heavy atom. The molecule has 0 aromatic carbocycles. The quantitative estimate of drug-likeness (QED) is 0.809. The molecule has 0 bridgehead atoms. The van der Waals surface area contributed by atoms with Crippen LogP contribution in [0.15, 0.2) is 0 Å². The van der Waals surface area contributed by atoms with Gasteiger partial charge in [-0.05, 0) is 52.4 Å². The first-order chi connectivity index (χ1) is 11.6. The molecule has 7 nitrogen and oxygen atoms in total. The molecule has 144 valence electrons. The highest BCUT2D eigenvalue weighted by Gasteiger charge is 2.32. The molecule has 2 fully saturated rings. The summed E-state index contributed by atoms with van der Waals surface area (Å²) >= 11 is 0. The fraction of sp³-hybridized carbons (Fsp3) is 0.882. The van der Waals surface area contributed by atoms with Gasteiger partial charge in [0.15, 0.2) is 9.84 Å². The predicted octanol–water partition coefficient (Wildman–Crippen LogP) is 1.72. The normalized spacial score (nSPS) is 26.3. The van der Waals surface area contributed by atoms with Crippen molar-refractivity contribution in [3.8, 4) is 0 Å². The zero-order valence-electron chi connectivity index (χ0n) is 15.4. The van der Waals surface area contributed by atoms with Crippen LogP contribution < -0.4 is 5.32 Å². The smallest absolute Gasteiger partial charge is 0.410 e. The molecule has 0 aliphatic carbocycles. The van der Waals surface area contributed by atoms with Gasteiger partial charge in [-0.1, -0.05) is 0 Å². The molecule has 1 N–H and O–H groups in total. The van der Waals surface area contributed by atoms with Crippen molar-refractivity contribution in [2.45, 2.75) is 64.5 Å². The number of sulfone groups is 1. The first-order valence-electron chi connectivity index (χ1n) is 9.02. The van der Waals surface area contributed by atoms with Crippen LogP contribution in [-0.2, 0) is 19.4 Å². The van der Waals surface area contributed by atoms with Gasteiger partial charge in [-0.2, -0.15) is 0 Å². The third-order valence-corrected chi connectivity index (χ3v) is 6.43. The summed E-state index contributed by atoms with van der Waals surface area (Å²) in [6.07, 6.45) is 3.23. The number of rotatable bonds is 4. The maximum Gasteiger partial charge on any atom is 0.410 e. The number of amides is 2. The van der Waals surface area contributed by atoms with Crippen LogP contribution in [0.25, 0.3) is 0 Å². The van der Waals surface area contributed by atoms with E-state index in [0.717, 1.165) is 19.3 Å². The van der Waals surface area contributed by atoms with Gasteiger partial charge in [0, 0.05) is 19.5 Å². The Hall–Kier alpha value is -1.31. The van der Waals surface area contributed by atoms with Gasteiger partial charge in [-0.25, -0.2) is 13.2 Å². The van der Waals surface area contributed by atoms with Crippen molar-refractivity contribution in [3.63, 3.8) is 0 Å². The van der Waals surface area contributed by atoms with Crippen LogP contribution in [0, 0.1) is 5.92 Å². The average molecular weight is 375 g/mol. The SMILES string of the molecule is CC(C)(C)OC(=O)N1CCCC[C@H]1CNC(=O)C[C@@H]1CCS(=O)(=O)C1. The summed E-state index contributed by atoms with van der Waals surface area (Å²) in [6.45, 7) is 6.53. The van der Waals surface area contributed by atoms with Crippen LogP contribution >= 0.6 is 0 Å². The third kappa shape index (κ3) is 6.49. The molecular weight excluding hydrogens is 344 g/mol. The van der Waals surface area contributed by atoms with E-state index >= 15 is 0 Å². The summed E-state index contributed by atoms with van der Waals surface area (Å²) in [6, 6.07) is -0.0696. The van der Waals surface area contributed by atoms with Crippen molar-refractivity contribution in [2.75, 3.05) is 24.6 Å². The van der Waals surface area contributed by atoms with E-state index in [4.69, 9.17) is 4.74 Å². The zero-order chi connectivity index (χ0) is 18.7. The second-order valence-corrected chi connectivity index (χ2v) is 10.3. The lowest BCUT2D eigenvalue weighted by Gasteiger charge is -2.36. The molecule has 2 atom stereocenters. The topological polar surface area (TPSA) is 92.8 Å². The van der Waals surface area contributed by atoms with E-state index in [0.29, 0.717) is 19.5 Å². The average Bonchev–Trinajstić information content (AvgIpc) is 2.82. The summed E-state index contributed by atoms with van der Waals surface area (Å²) in [7, 11) is -2.96. The minimum atomic E-state index is -2.96. The Morgan fingerprint density at radius 2 is 1.92 bits per heavy atom. The van der Waals surface area contributed by atoms with Crippen LogP contribution in [0.5, 0.6) is 0 Å². The Balaban J connectivity index is 1.82. The number of piperidine rings is 1. The maximum absolute atomic E-state index is 12.3. The standard InChI is InChI=1S/C17H30N2O5S/c1-17(2,3)24-16(21)19-8-5-4-6-14(19)11-18-15(20)10-13-7-9-25(22,23)12-13/h13-14H,4-12H2,1-3H3,(H,18,20)/t13-,14-/m0/s1. The van der Waals surface area contributed by atoms with Crippen molar-refractivity contribution in [1.29, 1.82) is 0 Å². The van der Waals surface area contributed by atoms with Crippen molar-refractivity contribution in [1.82, 2.24) is 10.2 Å². The van der Waals surface area contributed by atoms with Crippen LogP contribution in [0.1, 0.15) is 52.9 Å². The van der Waals surface area contributed by atoms with E-state index in [1.54, 1.807) is 4.90 Å². The van der Waals surface area contributed by atoms with Gasteiger partial charge in [0.1, 0.15) is 5.60 Å². The highest BCUT2D eigenvalue weighted by Crippen LogP contribution is 2.22. The third-order valence-electron chi connectivity index (χ3n) is 4.59. The minimum absolute atomic E-state index is 0.0696. The molecule has 2 rings (SSSR count). The van der Waals surface area contributed by atoms with E-state index < -0.39 is 15.4 Å². The number of carbonyl (C=O) groups excluding carboxylic acids is 2. The van der Waals surface area contributed by atoms with Gasteiger partial charge < -0.3 is 15.0 Å². The lowest BCUT2D eigenvalue weighted by molar-refractivity contribution is -0.122. The molecular formula is C17H30N2O5S. The molecule has 25 heavy (non-hydrogen) atoms. The van der Waals surface area contributed by atoms with Gasteiger partial charge in [-0.15, -0.1) is 0 Å². The summed E-state index contributed by atoms with van der Waals surface area (Å²) in [5, 5.41) is 2.87. The van der Waals surface area contributed by atoms with Crippen LogP contribution in [0.2, 0.25) is 0 Å². The summed E-state index contributed by atoms with van der Waals surface area (Å²) < 4.78 is 28.4. The minimum Gasteiger partial charge on any atom is -0.444 e. The van der Waals surface area contributed by atoms with Crippen molar-refractivity contribution >= 4 is 21.8 Å².